The molecule has 0 N–H and O–H groups in total. The van der Waals surface area contributed by atoms with E-state index in [2.05, 4.69) is 0 Å². The Morgan fingerprint density at radius 1 is 0.600 bits per heavy atom. The molecule has 9 atom stereocenters. The number of rotatable bonds is 2. The highest BCUT2D eigenvalue weighted by Crippen LogP contribution is 2.51. The van der Waals surface area contributed by atoms with Gasteiger partial charge in [0.15, 0.2) is 47.2 Å². The maximum atomic E-state index is 14.1. The van der Waals surface area contributed by atoms with Crippen molar-refractivity contribution >= 4 is 5.78 Å². The molecule has 7 aliphatic rings. The molecule has 5 fully saturated rings. The lowest BCUT2D eigenvalue weighted by atomic mass is 9.86. The predicted molar refractivity (Wildman–Crippen MR) is 132 cm³/mol. The zero-order chi connectivity index (χ0) is 28.5. The average molecular weight is 569 g/mol. The molecule has 0 bridgehead atoms. The first-order valence-corrected chi connectivity index (χ1v) is 14.2. The molecule has 1 spiro atoms. The first-order valence-electron chi connectivity index (χ1n) is 14.2. The van der Waals surface area contributed by atoms with Crippen LogP contribution in [0.1, 0.15) is 68.2 Å². The van der Waals surface area contributed by atoms with Crippen LogP contribution in [0.3, 0.4) is 0 Å². The summed E-state index contributed by atoms with van der Waals surface area (Å²) in [5.74, 6) is -4.42. The average Bonchev–Trinajstić information content (AvgIpc) is 3.58. The summed E-state index contributed by atoms with van der Waals surface area (Å²) in [6, 6.07) is 0. The SMILES string of the molecule is CC1(C)OC[C@@H]([C@H]2O[C@@]3(CCC4=C(O3)[C@H]3OC(C)(C)O[C@H]3[C@@H]([C@@H]3COC(C)(C)O3)O4)C(=O)[C@H]3OC(C)(C)O[C@@H]23)O1. The molecular formula is C28H40O12. The Morgan fingerprint density at radius 2 is 1.15 bits per heavy atom. The van der Waals surface area contributed by atoms with Crippen molar-refractivity contribution in [1.82, 2.24) is 0 Å². The summed E-state index contributed by atoms with van der Waals surface area (Å²) in [6.45, 7) is 15.3. The van der Waals surface area contributed by atoms with Gasteiger partial charge in [0, 0.05) is 12.8 Å². The largest absolute Gasteiger partial charge is 0.485 e. The standard InChI is InChI=1S/C28H40O12/c1-24(2)30-11-14(33-24)16-19-20(36-26(5,6)35-19)17-13(32-16)9-10-28(39-17)23(29)22-21(37-27(7,8)38-22)18(40-28)15-12-31-25(3,4)34-15/h14-16,18-22H,9-12H2,1-8H3/t14-,15-,16+,18+,19-,20+,21-,22-,28-/m0/s1. The fraction of sp³-hybridized carbons (Fsp3) is 0.893. The highest BCUT2D eigenvalue weighted by Gasteiger charge is 2.67. The third kappa shape index (κ3) is 4.42. The van der Waals surface area contributed by atoms with Crippen molar-refractivity contribution in [3.8, 4) is 0 Å². The number of carbonyl (C=O) groups excluding carboxylic acids is 1. The fourth-order valence-electron chi connectivity index (χ4n) is 6.86. The molecule has 12 heteroatoms. The van der Waals surface area contributed by atoms with Gasteiger partial charge in [0.25, 0.3) is 5.79 Å². The molecule has 5 saturated heterocycles. The molecule has 0 radical (unpaired) electrons. The van der Waals surface area contributed by atoms with Crippen LogP contribution in [0.15, 0.2) is 11.5 Å². The summed E-state index contributed by atoms with van der Waals surface area (Å²) in [5, 5.41) is 0. The summed E-state index contributed by atoms with van der Waals surface area (Å²) in [6.07, 6.45) is -4.19. The molecule has 0 aliphatic carbocycles. The van der Waals surface area contributed by atoms with Crippen molar-refractivity contribution < 1.29 is 56.9 Å². The van der Waals surface area contributed by atoms with Gasteiger partial charge < -0.3 is 52.1 Å². The van der Waals surface area contributed by atoms with Gasteiger partial charge in [-0.25, -0.2) is 0 Å². The summed E-state index contributed by atoms with van der Waals surface area (Å²) >= 11 is 0. The number of hydrogen-bond donors (Lipinski definition) is 0. The lowest BCUT2D eigenvalue weighted by Gasteiger charge is -2.49. The lowest BCUT2D eigenvalue weighted by molar-refractivity contribution is -0.299. The van der Waals surface area contributed by atoms with Gasteiger partial charge in [0.05, 0.1) is 13.2 Å². The van der Waals surface area contributed by atoms with Crippen LogP contribution in [0.4, 0.5) is 0 Å². The van der Waals surface area contributed by atoms with Gasteiger partial charge in [-0.15, -0.1) is 0 Å². The summed E-state index contributed by atoms with van der Waals surface area (Å²) in [4.78, 5) is 14.1. The van der Waals surface area contributed by atoms with Crippen molar-refractivity contribution in [3.63, 3.8) is 0 Å². The number of carbonyl (C=O) groups is 1. The molecule has 0 aromatic heterocycles. The monoisotopic (exact) mass is 568 g/mol. The van der Waals surface area contributed by atoms with Crippen LogP contribution < -0.4 is 0 Å². The molecule has 0 aromatic rings. The van der Waals surface area contributed by atoms with Gasteiger partial charge in [-0.05, 0) is 55.4 Å². The molecule has 7 rings (SSSR count). The maximum Gasteiger partial charge on any atom is 0.273 e. The van der Waals surface area contributed by atoms with Crippen LogP contribution in [0.25, 0.3) is 0 Å². The molecule has 7 heterocycles. The van der Waals surface area contributed by atoms with Crippen LogP contribution in [-0.2, 0) is 56.9 Å². The van der Waals surface area contributed by atoms with Crippen LogP contribution >= 0.6 is 0 Å². The zero-order valence-corrected chi connectivity index (χ0v) is 24.3. The van der Waals surface area contributed by atoms with E-state index in [1.54, 1.807) is 13.8 Å². The number of allylic oxidation sites excluding steroid dienone is 1. The van der Waals surface area contributed by atoms with Gasteiger partial charge >= 0.3 is 0 Å². The van der Waals surface area contributed by atoms with E-state index in [1.807, 2.05) is 41.5 Å². The topological polar surface area (TPSA) is 119 Å². The minimum absolute atomic E-state index is 0.215. The molecule has 7 aliphatic heterocycles. The van der Waals surface area contributed by atoms with Crippen molar-refractivity contribution in [2.75, 3.05) is 13.2 Å². The second-order valence-electron chi connectivity index (χ2n) is 13.4. The van der Waals surface area contributed by atoms with Crippen LogP contribution in [0.2, 0.25) is 0 Å². The first kappa shape index (κ1) is 27.5. The van der Waals surface area contributed by atoms with E-state index < -0.39 is 71.7 Å². The van der Waals surface area contributed by atoms with Crippen molar-refractivity contribution in [2.24, 2.45) is 0 Å². The second-order valence-corrected chi connectivity index (χ2v) is 13.4. The summed E-state index contributed by atoms with van der Waals surface area (Å²) < 4.78 is 68.6. The molecule has 0 unspecified atom stereocenters. The first-order chi connectivity index (χ1) is 18.6. The molecule has 40 heavy (non-hydrogen) atoms. The molecule has 0 saturated carbocycles. The fourth-order valence-corrected chi connectivity index (χ4v) is 6.86. The Kier molecular flexibility index (Phi) is 5.91. The van der Waals surface area contributed by atoms with Gasteiger partial charge in [-0.3, -0.25) is 4.79 Å². The van der Waals surface area contributed by atoms with E-state index in [0.29, 0.717) is 24.5 Å². The minimum atomic E-state index is -1.64. The lowest BCUT2D eigenvalue weighted by Crippen LogP contribution is -2.66. The Balaban J connectivity index is 1.21. The van der Waals surface area contributed by atoms with Crippen molar-refractivity contribution in [3.05, 3.63) is 11.5 Å². The molecule has 12 nitrogen and oxygen atoms in total. The molecule has 0 aromatic carbocycles. The predicted octanol–water partition coefficient (Wildman–Crippen LogP) is 2.41. The number of hydrogen-bond acceptors (Lipinski definition) is 12. The number of ether oxygens (including phenoxy) is 11. The van der Waals surface area contributed by atoms with E-state index >= 15 is 0 Å². The summed E-state index contributed by atoms with van der Waals surface area (Å²) in [5.41, 5.74) is 0. The van der Waals surface area contributed by atoms with E-state index in [-0.39, 0.29) is 24.9 Å². The van der Waals surface area contributed by atoms with Gasteiger partial charge in [0.1, 0.15) is 36.3 Å². The zero-order valence-electron chi connectivity index (χ0n) is 24.3. The molecule has 0 amide bonds. The Labute approximate surface area is 233 Å². The minimum Gasteiger partial charge on any atom is -0.485 e. The number of ketones is 1. The molecular weight excluding hydrogens is 528 g/mol. The second kappa shape index (κ2) is 8.61. The Hall–Kier alpha value is -1.35. The smallest absolute Gasteiger partial charge is 0.273 e. The van der Waals surface area contributed by atoms with Gasteiger partial charge in [0.2, 0.25) is 5.78 Å². The van der Waals surface area contributed by atoms with E-state index in [0.717, 1.165) is 0 Å². The third-order valence-corrected chi connectivity index (χ3v) is 8.43. The normalized spacial score (nSPS) is 48.0. The Bertz CT molecular complexity index is 1110. The molecule has 224 valence electrons. The van der Waals surface area contributed by atoms with E-state index in [1.165, 1.54) is 0 Å². The highest BCUT2D eigenvalue weighted by molar-refractivity contribution is 5.92. The Morgan fingerprint density at radius 3 is 1.73 bits per heavy atom. The van der Waals surface area contributed by atoms with Crippen LogP contribution in [0, 0.1) is 0 Å². The van der Waals surface area contributed by atoms with Crippen LogP contribution in [-0.4, -0.2) is 96.8 Å². The van der Waals surface area contributed by atoms with E-state index in [4.69, 9.17) is 52.1 Å². The van der Waals surface area contributed by atoms with Gasteiger partial charge in [-0.2, -0.15) is 0 Å². The third-order valence-electron chi connectivity index (χ3n) is 8.43. The van der Waals surface area contributed by atoms with Gasteiger partial charge in [-0.1, -0.05) is 0 Å². The van der Waals surface area contributed by atoms with Crippen molar-refractivity contribution in [1.29, 1.82) is 0 Å². The van der Waals surface area contributed by atoms with Crippen LogP contribution in [0.5, 0.6) is 0 Å². The quantitative estimate of drug-likeness (QED) is 0.487. The highest BCUT2D eigenvalue weighted by atomic mass is 16.8. The van der Waals surface area contributed by atoms with E-state index in [9.17, 15) is 4.79 Å². The van der Waals surface area contributed by atoms with Crippen molar-refractivity contribution in [2.45, 2.75) is 146 Å². The summed E-state index contributed by atoms with van der Waals surface area (Å²) in [7, 11) is 0. The number of Topliss-reactive ketones (excluding diaryl/α,β-unsaturated/α-hetero) is 1. The number of fused-ring (bicyclic) bond motifs is 3. The maximum absolute atomic E-state index is 14.1.